The molecule has 0 atom stereocenters. The van der Waals surface area contributed by atoms with E-state index in [2.05, 4.69) is 219 Å². The normalized spacial score (nSPS) is 15.4. The molecule has 1 spiro atoms. The molecule has 1 aromatic heterocycles. The first-order valence-electron chi connectivity index (χ1n) is 19.7. The highest BCUT2D eigenvalue weighted by Gasteiger charge is 2.53. The molecule has 56 heavy (non-hydrogen) atoms. The van der Waals surface area contributed by atoms with Gasteiger partial charge in [0.2, 0.25) is 0 Å². The van der Waals surface area contributed by atoms with Gasteiger partial charge in [0, 0.05) is 33.5 Å². The predicted molar refractivity (Wildman–Crippen MR) is 237 cm³/mol. The highest BCUT2D eigenvalue weighted by Crippen LogP contribution is 2.63. The van der Waals surface area contributed by atoms with Crippen molar-refractivity contribution in [2.24, 2.45) is 0 Å². The number of anilines is 2. The highest BCUT2D eigenvalue weighted by atomic mass is 15.1. The fourth-order valence-electron chi connectivity index (χ4n) is 9.63. The lowest BCUT2D eigenvalue weighted by atomic mass is 9.70. The van der Waals surface area contributed by atoms with Gasteiger partial charge in [-0.2, -0.15) is 0 Å². The van der Waals surface area contributed by atoms with Crippen molar-refractivity contribution in [1.82, 2.24) is 4.57 Å². The van der Waals surface area contributed by atoms with Gasteiger partial charge in [0.1, 0.15) is 0 Å². The Bertz CT molecular complexity index is 2880. The summed E-state index contributed by atoms with van der Waals surface area (Å²) in [4.78, 5) is 2.37. The minimum Gasteiger partial charge on any atom is -0.311 e. The summed E-state index contributed by atoms with van der Waals surface area (Å²) in [7, 11) is 0. The average Bonchev–Trinajstić information content (AvgIpc) is 3.82. The number of fused-ring (bicyclic) bond motifs is 10. The Morgan fingerprint density at radius 1 is 0.571 bits per heavy atom. The number of aromatic nitrogens is 1. The van der Waals surface area contributed by atoms with Crippen molar-refractivity contribution in [3.05, 3.63) is 228 Å². The fraction of sp³-hybridized carbons (Fsp3) is 0.111. The zero-order valence-corrected chi connectivity index (χ0v) is 32.4. The summed E-state index contributed by atoms with van der Waals surface area (Å²) in [6.07, 6.45) is 4.68. The van der Waals surface area contributed by atoms with Crippen molar-refractivity contribution < 1.29 is 0 Å². The minimum atomic E-state index is -0.486. The Balaban J connectivity index is 1.23. The number of allylic oxidation sites excluding steroid dienone is 4. The van der Waals surface area contributed by atoms with Gasteiger partial charge < -0.3 is 9.47 Å². The molecule has 10 rings (SSSR count). The van der Waals surface area contributed by atoms with E-state index in [0.29, 0.717) is 0 Å². The van der Waals surface area contributed by atoms with Crippen molar-refractivity contribution in [2.45, 2.75) is 38.5 Å². The molecule has 2 aliphatic carbocycles. The summed E-state index contributed by atoms with van der Waals surface area (Å²) in [6.45, 7) is 14.0. The molecule has 0 unspecified atom stereocenters. The molecule has 270 valence electrons. The van der Waals surface area contributed by atoms with Crippen molar-refractivity contribution in [1.29, 1.82) is 0 Å². The third kappa shape index (κ3) is 4.88. The smallest absolute Gasteiger partial charge is 0.0726 e. The quantitative estimate of drug-likeness (QED) is 0.172. The largest absolute Gasteiger partial charge is 0.311 e. The number of hydrogen-bond donors (Lipinski definition) is 0. The SMILES string of the molecule is C=C(/C=C1\C(=C/C)c2ccccc2C12c1ccccc1-c1ccccc12)N(c1cccc(C(C)(C)C)c1)c1ccc2c(c1)c1ccccc1n2-c1ccccc1. The second-order valence-electron chi connectivity index (χ2n) is 16.2. The Kier molecular flexibility index (Phi) is 7.70. The van der Waals surface area contributed by atoms with Gasteiger partial charge in [0.05, 0.1) is 16.4 Å². The van der Waals surface area contributed by atoms with Crippen LogP contribution in [0, 0.1) is 0 Å². The Morgan fingerprint density at radius 2 is 1.14 bits per heavy atom. The topological polar surface area (TPSA) is 8.17 Å². The summed E-state index contributed by atoms with van der Waals surface area (Å²) in [5.41, 5.74) is 17.7. The van der Waals surface area contributed by atoms with Gasteiger partial charge in [0.25, 0.3) is 0 Å². The van der Waals surface area contributed by atoms with Crippen molar-refractivity contribution in [3.63, 3.8) is 0 Å². The summed E-state index contributed by atoms with van der Waals surface area (Å²) in [6, 6.07) is 62.3. The highest BCUT2D eigenvalue weighted by molar-refractivity contribution is 6.10. The molecule has 0 N–H and O–H groups in total. The van der Waals surface area contributed by atoms with Crippen LogP contribution < -0.4 is 4.90 Å². The fourth-order valence-corrected chi connectivity index (χ4v) is 9.63. The number of para-hydroxylation sites is 2. The number of hydrogen-bond acceptors (Lipinski definition) is 1. The number of benzene rings is 7. The van der Waals surface area contributed by atoms with E-state index < -0.39 is 5.41 Å². The molecule has 7 aromatic carbocycles. The van der Waals surface area contributed by atoms with Gasteiger partial charge in [-0.25, -0.2) is 0 Å². The molecule has 0 bridgehead atoms. The van der Waals surface area contributed by atoms with Gasteiger partial charge >= 0.3 is 0 Å². The van der Waals surface area contributed by atoms with E-state index in [1.807, 2.05) is 0 Å². The molecule has 2 nitrogen and oxygen atoms in total. The molecule has 2 aliphatic rings. The molecule has 1 heterocycles. The third-order valence-electron chi connectivity index (χ3n) is 12.1. The van der Waals surface area contributed by atoms with E-state index in [4.69, 9.17) is 6.58 Å². The Hall–Kier alpha value is -6.64. The lowest BCUT2D eigenvalue weighted by Gasteiger charge is -2.33. The standard InChI is InChI=1S/C54H44N2/c1-6-41-42-23-10-14-27-47(42)54(48-28-15-11-24-43(48)44-25-12-16-29-49(44)54)50(41)33-36(2)55(39-22-18-19-37(34-39)53(3,4)5)40-31-32-52-46(35-40)45-26-13-17-30-51(45)56(52)38-20-8-7-9-21-38/h6-35H,2H2,1,3-5H3/b41-6-,50-33+. The van der Waals surface area contributed by atoms with Crippen LogP contribution in [0.25, 0.3) is 44.2 Å². The monoisotopic (exact) mass is 720 g/mol. The van der Waals surface area contributed by atoms with E-state index in [-0.39, 0.29) is 5.41 Å². The molecular formula is C54H44N2. The van der Waals surface area contributed by atoms with Gasteiger partial charge in [-0.05, 0) is 117 Å². The molecule has 0 amide bonds. The molecule has 0 saturated carbocycles. The van der Waals surface area contributed by atoms with Crippen LogP contribution in [0.15, 0.2) is 200 Å². The van der Waals surface area contributed by atoms with E-state index in [9.17, 15) is 0 Å². The lowest BCUT2D eigenvalue weighted by Crippen LogP contribution is -2.27. The maximum absolute atomic E-state index is 4.97. The second kappa shape index (κ2) is 12.7. The van der Waals surface area contributed by atoms with Crippen molar-refractivity contribution >= 4 is 38.8 Å². The number of nitrogens with zero attached hydrogens (tertiary/aromatic N) is 2. The predicted octanol–water partition coefficient (Wildman–Crippen LogP) is 14.1. The van der Waals surface area contributed by atoms with Crippen molar-refractivity contribution in [3.8, 4) is 16.8 Å². The van der Waals surface area contributed by atoms with Gasteiger partial charge in [-0.1, -0.05) is 155 Å². The zero-order chi connectivity index (χ0) is 38.2. The maximum Gasteiger partial charge on any atom is 0.0726 e. The molecule has 0 radical (unpaired) electrons. The van der Waals surface area contributed by atoms with E-state index in [1.165, 1.54) is 71.9 Å². The zero-order valence-electron chi connectivity index (χ0n) is 32.4. The third-order valence-corrected chi connectivity index (χ3v) is 12.1. The first kappa shape index (κ1) is 33.9. The van der Waals surface area contributed by atoms with Gasteiger partial charge in [0.15, 0.2) is 0 Å². The van der Waals surface area contributed by atoms with E-state index in [0.717, 1.165) is 22.8 Å². The molecule has 0 saturated heterocycles. The van der Waals surface area contributed by atoms with Crippen LogP contribution >= 0.6 is 0 Å². The lowest BCUT2D eigenvalue weighted by molar-refractivity contribution is 0.590. The Morgan fingerprint density at radius 3 is 1.82 bits per heavy atom. The van der Waals surface area contributed by atoms with Gasteiger partial charge in [-0.15, -0.1) is 0 Å². The summed E-state index contributed by atoms with van der Waals surface area (Å²) in [5, 5.41) is 2.43. The molecule has 0 fully saturated rings. The van der Waals surface area contributed by atoms with Crippen molar-refractivity contribution in [2.75, 3.05) is 4.90 Å². The van der Waals surface area contributed by atoms with Crippen LogP contribution in [0.1, 0.15) is 55.5 Å². The van der Waals surface area contributed by atoms with Crippen LogP contribution in [-0.2, 0) is 10.8 Å². The average molecular weight is 721 g/mol. The van der Waals surface area contributed by atoms with Crippen LogP contribution in [0.5, 0.6) is 0 Å². The molecule has 8 aromatic rings. The van der Waals surface area contributed by atoms with Crippen LogP contribution in [0.2, 0.25) is 0 Å². The summed E-state index contributed by atoms with van der Waals surface area (Å²) >= 11 is 0. The Labute approximate surface area is 330 Å². The van der Waals surface area contributed by atoms with Crippen LogP contribution in [0.3, 0.4) is 0 Å². The molecule has 2 heteroatoms. The van der Waals surface area contributed by atoms with Crippen LogP contribution in [0.4, 0.5) is 11.4 Å². The molecular weight excluding hydrogens is 677 g/mol. The minimum absolute atomic E-state index is 0.0267. The summed E-state index contributed by atoms with van der Waals surface area (Å²) < 4.78 is 2.38. The second-order valence-corrected chi connectivity index (χ2v) is 16.2. The van der Waals surface area contributed by atoms with Crippen LogP contribution in [-0.4, -0.2) is 4.57 Å². The van der Waals surface area contributed by atoms with Gasteiger partial charge in [-0.3, -0.25) is 0 Å². The number of rotatable bonds is 5. The molecule has 0 aliphatic heterocycles. The first-order chi connectivity index (χ1) is 27.3. The first-order valence-corrected chi connectivity index (χ1v) is 19.7. The summed E-state index contributed by atoms with van der Waals surface area (Å²) in [5.74, 6) is 0. The van der Waals surface area contributed by atoms with E-state index >= 15 is 0 Å². The van der Waals surface area contributed by atoms with E-state index in [1.54, 1.807) is 0 Å². The maximum atomic E-state index is 4.97.